The van der Waals surface area contributed by atoms with Gasteiger partial charge in [0.1, 0.15) is 5.82 Å². The van der Waals surface area contributed by atoms with Gasteiger partial charge < -0.3 is 5.32 Å². The zero-order valence-electron chi connectivity index (χ0n) is 10.0. The molecule has 0 spiro atoms. The molecule has 0 saturated carbocycles. The van der Waals surface area contributed by atoms with Gasteiger partial charge in [-0.3, -0.25) is 0 Å². The summed E-state index contributed by atoms with van der Waals surface area (Å²) in [6, 6.07) is 6.55. The summed E-state index contributed by atoms with van der Waals surface area (Å²) in [7, 11) is 1.88. The lowest BCUT2D eigenvalue weighted by Gasteiger charge is -2.03. The van der Waals surface area contributed by atoms with E-state index in [0.717, 1.165) is 23.8 Å². The Bertz CT molecular complexity index is 502. The van der Waals surface area contributed by atoms with Crippen molar-refractivity contribution in [3.63, 3.8) is 0 Å². The minimum atomic E-state index is -0.220. The average Bonchev–Trinajstić information content (AvgIpc) is 2.81. The van der Waals surface area contributed by atoms with Crippen LogP contribution >= 0.6 is 11.8 Å². The van der Waals surface area contributed by atoms with Gasteiger partial charge in [-0.05, 0) is 35.2 Å². The van der Waals surface area contributed by atoms with E-state index in [-0.39, 0.29) is 5.82 Å². The van der Waals surface area contributed by atoms with Gasteiger partial charge in [0.05, 0.1) is 6.54 Å². The molecule has 2 rings (SSSR count). The third-order valence-corrected chi connectivity index (χ3v) is 3.36. The van der Waals surface area contributed by atoms with Gasteiger partial charge in [0.25, 0.3) is 0 Å². The molecule has 1 N–H and O–H groups in total. The zero-order valence-corrected chi connectivity index (χ0v) is 10.8. The van der Waals surface area contributed by atoms with Crippen molar-refractivity contribution in [3.05, 3.63) is 35.6 Å². The summed E-state index contributed by atoms with van der Waals surface area (Å²) in [5.74, 6) is 0.431. The number of likely N-dealkylation sites (N-methyl/N-ethyl adjacent to an activating group) is 1. The molecule has 0 atom stereocenters. The summed E-state index contributed by atoms with van der Waals surface area (Å²) in [6.45, 7) is 1.52. The topological polar surface area (TPSA) is 55.6 Å². The first-order valence-electron chi connectivity index (χ1n) is 5.57. The summed E-state index contributed by atoms with van der Waals surface area (Å²) >= 11 is 1.50. The molecule has 96 valence electrons. The molecule has 1 heterocycles. The van der Waals surface area contributed by atoms with Crippen molar-refractivity contribution in [1.29, 1.82) is 0 Å². The van der Waals surface area contributed by atoms with E-state index < -0.39 is 0 Å². The second-order valence-corrected chi connectivity index (χ2v) is 4.65. The molecule has 0 aliphatic heterocycles. The predicted octanol–water partition coefficient (Wildman–Crippen LogP) is 1.32. The molecule has 0 aliphatic carbocycles. The van der Waals surface area contributed by atoms with Gasteiger partial charge in [-0.2, -0.15) is 0 Å². The number of aromatic nitrogens is 4. The average molecular weight is 267 g/mol. The van der Waals surface area contributed by atoms with Crippen molar-refractivity contribution in [2.75, 3.05) is 13.6 Å². The monoisotopic (exact) mass is 267 g/mol. The highest BCUT2D eigenvalue weighted by molar-refractivity contribution is 7.98. The summed E-state index contributed by atoms with van der Waals surface area (Å²) in [4.78, 5) is 0. The third-order valence-electron chi connectivity index (χ3n) is 2.33. The highest BCUT2D eigenvalue weighted by atomic mass is 32.2. The van der Waals surface area contributed by atoms with Crippen LogP contribution < -0.4 is 5.32 Å². The van der Waals surface area contributed by atoms with Gasteiger partial charge in [0.15, 0.2) is 0 Å². The maximum Gasteiger partial charge on any atom is 0.209 e. The van der Waals surface area contributed by atoms with Crippen LogP contribution in [0.15, 0.2) is 29.4 Å². The fraction of sp³-hybridized carbons (Fsp3) is 0.364. The molecule has 0 bridgehead atoms. The lowest BCUT2D eigenvalue weighted by atomic mass is 10.2. The minimum Gasteiger partial charge on any atom is -0.318 e. The Morgan fingerprint density at radius 1 is 1.44 bits per heavy atom. The van der Waals surface area contributed by atoms with E-state index in [1.165, 1.54) is 23.9 Å². The summed E-state index contributed by atoms with van der Waals surface area (Å²) < 4.78 is 14.8. The maximum absolute atomic E-state index is 13.0. The van der Waals surface area contributed by atoms with Gasteiger partial charge in [0, 0.05) is 12.3 Å². The molecule has 0 saturated heterocycles. The number of tetrazole rings is 1. The lowest BCUT2D eigenvalue weighted by molar-refractivity contribution is 0.530. The number of benzene rings is 1. The molecule has 0 amide bonds. The molecular weight excluding hydrogens is 253 g/mol. The van der Waals surface area contributed by atoms with Crippen molar-refractivity contribution in [3.8, 4) is 0 Å². The van der Waals surface area contributed by atoms with E-state index >= 15 is 0 Å². The van der Waals surface area contributed by atoms with E-state index in [4.69, 9.17) is 0 Å². The van der Waals surface area contributed by atoms with E-state index in [1.807, 2.05) is 13.1 Å². The number of rotatable bonds is 6. The molecule has 7 heteroatoms. The highest BCUT2D eigenvalue weighted by Gasteiger charge is 2.06. The Hall–Kier alpha value is -1.47. The van der Waals surface area contributed by atoms with Crippen molar-refractivity contribution in [2.45, 2.75) is 17.5 Å². The van der Waals surface area contributed by atoms with Crippen LogP contribution in [-0.2, 0) is 12.3 Å². The Balaban J connectivity index is 1.95. The van der Waals surface area contributed by atoms with Gasteiger partial charge >= 0.3 is 0 Å². The van der Waals surface area contributed by atoms with Crippen LogP contribution in [-0.4, -0.2) is 33.8 Å². The molecule has 0 fully saturated rings. The number of hydrogen-bond acceptors (Lipinski definition) is 5. The number of nitrogens with zero attached hydrogens (tertiary/aromatic N) is 4. The first-order chi connectivity index (χ1) is 8.79. The van der Waals surface area contributed by atoms with E-state index in [1.54, 1.807) is 10.7 Å². The largest absolute Gasteiger partial charge is 0.318 e. The smallest absolute Gasteiger partial charge is 0.209 e. The maximum atomic E-state index is 13.0. The van der Waals surface area contributed by atoms with E-state index in [2.05, 4.69) is 20.8 Å². The fourth-order valence-electron chi connectivity index (χ4n) is 1.43. The highest BCUT2D eigenvalue weighted by Crippen LogP contribution is 2.20. The number of nitrogens with one attached hydrogen (secondary N) is 1. The molecule has 5 nitrogen and oxygen atoms in total. The normalized spacial score (nSPS) is 10.8. The first kappa shape index (κ1) is 13.0. The van der Waals surface area contributed by atoms with Gasteiger partial charge in [-0.25, -0.2) is 9.07 Å². The molecule has 0 unspecified atom stereocenters. The standard InChI is InChI=1S/C11H14FN5S/c1-13-5-6-17-11(14-15-16-17)18-8-9-3-2-4-10(12)7-9/h2-4,7,13H,5-6,8H2,1H3. The van der Waals surface area contributed by atoms with E-state index in [0.29, 0.717) is 5.75 Å². The zero-order chi connectivity index (χ0) is 12.8. The lowest BCUT2D eigenvalue weighted by Crippen LogP contribution is -2.16. The van der Waals surface area contributed by atoms with Crippen LogP contribution in [0.4, 0.5) is 4.39 Å². The Morgan fingerprint density at radius 2 is 2.33 bits per heavy atom. The van der Waals surface area contributed by atoms with Gasteiger partial charge in [0.2, 0.25) is 5.16 Å². The van der Waals surface area contributed by atoms with Gasteiger partial charge in [-0.1, -0.05) is 23.9 Å². The second kappa shape index (κ2) is 6.46. The summed E-state index contributed by atoms with van der Waals surface area (Å²) in [6.07, 6.45) is 0. The molecule has 18 heavy (non-hydrogen) atoms. The van der Waals surface area contributed by atoms with Crippen LogP contribution in [0.2, 0.25) is 0 Å². The number of halogens is 1. The Morgan fingerprint density at radius 3 is 3.11 bits per heavy atom. The third kappa shape index (κ3) is 3.51. The van der Waals surface area contributed by atoms with Crippen molar-refractivity contribution in [2.24, 2.45) is 0 Å². The molecule has 1 aromatic heterocycles. The molecule has 1 aromatic carbocycles. The van der Waals surface area contributed by atoms with Crippen LogP contribution in [0.25, 0.3) is 0 Å². The number of hydrogen-bond donors (Lipinski definition) is 1. The molecule has 0 radical (unpaired) electrons. The van der Waals surface area contributed by atoms with Crippen LogP contribution in [0, 0.1) is 5.82 Å². The van der Waals surface area contributed by atoms with Crippen LogP contribution in [0.1, 0.15) is 5.56 Å². The fourth-order valence-corrected chi connectivity index (χ4v) is 2.28. The Labute approximate surface area is 109 Å². The van der Waals surface area contributed by atoms with Crippen molar-refractivity contribution >= 4 is 11.8 Å². The summed E-state index contributed by atoms with van der Waals surface area (Å²) in [5, 5.41) is 15.3. The predicted molar refractivity (Wildman–Crippen MR) is 67.7 cm³/mol. The van der Waals surface area contributed by atoms with Crippen molar-refractivity contribution in [1.82, 2.24) is 25.5 Å². The van der Waals surface area contributed by atoms with Gasteiger partial charge in [-0.15, -0.1) is 5.10 Å². The van der Waals surface area contributed by atoms with Crippen molar-refractivity contribution < 1.29 is 4.39 Å². The summed E-state index contributed by atoms with van der Waals surface area (Å²) in [5.41, 5.74) is 0.920. The molecule has 0 aliphatic rings. The van der Waals surface area contributed by atoms with Crippen LogP contribution in [0.5, 0.6) is 0 Å². The second-order valence-electron chi connectivity index (χ2n) is 3.71. The molecular formula is C11H14FN5S. The quantitative estimate of drug-likeness (QED) is 0.800. The van der Waals surface area contributed by atoms with Crippen LogP contribution in [0.3, 0.4) is 0 Å². The first-order valence-corrected chi connectivity index (χ1v) is 6.56. The Kier molecular flexibility index (Phi) is 4.66. The SMILES string of the molecule is CNCCn1nnnc1SCc1cccc(F)c1. The molecule has 2 aromatic rings. The number of thioether (sulfide) groups is 1. The minimum absolute atomic E-state index is 0.220. The van der Waals surface area contributed by atoms with E-state index in [9.17, 15) is 4.39 Å².